The van der Waals surface area contributed by atoms with Crippen molar-refractivity contribution in [3.63, 3.8) is 0 Å². The van der Waals surface area contributed by atoms with Crippen LogP contribution >= 0.6 is 0 Å². The summed E-state index contributed by atoms with van der Waals surface area (Å²) in [6, 6.07) is 0. The van der Waals surface area contributed by atoms with Crippen LogP contribution in [0.4, 0.5) is 13.2 Å². The van der Waals surface area contributed by atoms with E-state index in [1.807, 2.05) is 0 Å². The Morgan fingerprint density at radius 1 is 1.54 bits per heavy atom. The minimum absolute atomic E-state index is 0.126. The van der Waals surface area contributed by atoms with Crippen LogP contribution in [0.5, 0.6) is 0 Å². The number of aliphatic carboxylic acids is 1. The standard InChI is InChI=1S/C6H7F3O4/c7-6(8,9)4(3-5(11)12)13-2-1-10/h1,4H,2-3H2,(H,11,12). The lowest BCUT2D eigenvalue weighted by atomic mass is 10.2. The summed E-state index contributed by atoms with van der Waals surface area (Å²) in [7, 11) is 0. The van der Waals surface area contributed by atoms with E-state index in [4.69, 9.17) is 5.11 Å². The number of aldehydes is 1. The number of carboxylic acid groups (broad SMARTS) is 1. The average Bonchev–Trinajstić information content (AvgIpc) is 1.95. The number of halogens is 3. The Morgan fingerprint density at radius 2 is 2.08 bits per heavy atom. The number of carboxylic acids is 1. The molecule has 0 radical (unpaired) electrons. The molecule has 0 bridgehead atoms. The monoisotopic (exact) mass is 200 g/mol. The van der Waals surface area contributed by atoms with E-state index in [9.17, 15) is 22.8 Å². The fraction of sp³-hybridized carbons (Fsp3) is 0.667. The van der Waals surface area contributed by atoms with Crippen molar-refractivity contribution in [2.75, 3.05) is 6.61 Å². The minimum Gasteiger partial charge on any atom is -0.481 e. The summed E-state index contributed by atoms with van der Waals surface area (Å²) >= 11 is 0. The van der Waals surface area contributed by atoms with Crippen molar-refractivity contribution < 1.29 is 32.6 Å². The first-order chi connectivity index (χ1) is 5.88. The Balaban J connectivity index is 4.19. The van der Waals surface area contributed by atoms with Crippen LogP contribution in [0.2, 0.25) is 0 Å². The highest BCUT2D eigenvalue weighted by Crippen LogP contribution is 2.24. The van der Waals surface area contributed by atoms with Crippen molar-refractivity contribution >= 4 is 12.3 Å². The van der Waals surface area contributed by atoms with Gasteiger partial charge in [-0.15, -0.1) is 0 Å². The molecule has 0 aliphatic rings. The van der Waals surface area contributed by atoms with Gasteiger partial charge in [0.2, 0.25) is 0 Å². The second-order valence-electron chi connectivity index (χ2n) is 2.13. The van der Waals surface area contributed by atoms with Gasteiger partial charge in [-0.25, -0.2) is 0 Å². The molecule has 1 N–H and O–H groups in total. The Hall–Kier alpha value is -1.11. The lowest BCUT2D eigenvalue weighted by Crippen LogP contribution is -2.34. The molecule has 76 valence electrons. The molecule has 1 atom stereocenters. The molecule has 0 amide bonds. The number of alkyl halides is 3. The van der Waals surface area contributed by atoms with Crippen LogP contribution in [0.1, 0.15) is 6.42 Å². The smallest absolute Gasteiger partial charge is 0.415 e. The number of rotatable bonds is 5. The largest absolute Gasteiger partial charge is 0.481 e. The third-order valence-corrected chi connectivity index (χ3v) is 1.09. The van der Waals surface area contributed by atoms with Crippen LogP contribution in [0.3, 0.4) is 0 Å². The molecule has 0 aliphatic heterocycles. The summed E-state index contributed by atoms with van der Waals surface area (Å²) in [4.78, 5) is 19.6. The van der Waals surface area contributed by atoms with E-state index in [1.54, 1.807) is 0 Å². The quantitative estimate of drug-likeness (QED) is 0.660. The Morgan fingerprint density at radius 3 is 2.38 bits per heavy atom. The van der Waals surface area contributed by atoms with Gasteiger partial charge in [0.25, 0.3) is 0 Å². The summed E-state index contributed by atoms with van der Waals surface area (Å²) < 4.78 is 39.7. The summed E-state index contributed by atoms with van der Waals surface area (Å²) in [6.07, 6.45) is -8.26. The third-order valence-electron chi connectivity index (χ3n) is 1.09. The van der Waals surface area contributed by atoms with Crippen LogP contribution in [0.25, 0.3) is 0 Å². The van der Waals surface area contributed by atoms with Gasteiger partial charge >= 0.3 is 12.1 Å². The number of hydrogen-bond donors (Lipinski definition) is 1. The molecule has 0 fully saturated rings. The number of carbonyl (C=O) groups is 2. The minimum atomic E-state index is -4.76. The van der Waals surface area contributed by atoms with E-state index in [0.717, 1.165) is 0 Å². The van der Waals surface area contributed by atoms with Crippen LogP contribution < -0.4 is 0 Å². The zero-order valence-electron chi connectivity index (χ0n) is 6.37. The zero-order chi connectivity index (χ0) is 10.5. The van der Waals surface area contributed by atoms with E-state index < -0.39 is 31.3 Å². The van der Waals surface area contributed by atoms with Gasteiger partial charge < -0.3 is 14.6 Å². The number of ether oxygens (including phenoxy) is 1. The van der Waals surface area contributed by atoms with E-state index >= 15 is 0 Å². The molecule has 0 aromatic rings. The molecule has 0 saturated carbocycles. The highest BCUT2D eigenvalue weighted by Gasteiger charge is 2.41. The molecule has 7 heteroatoms. The molecule has 0 aromatic carbocycles. The Kier molecular flexibility index (Phi) is 4.39. The normalized spacial score (nSPS) is 13.8. The van der Waals surface area contributed by atoms with Crippen molar-refractivity contribution in [1.29, 1.82) is 0 Å². The average molecular weight is 200 g/mol. The SMILES string of the molecule is O=CCOC(CC(=O)O)C(F)(F)F. The van der Waals surface area contributed by atoms with Crippen molar-refractivity contribution in [1.82, 2.24) is 0 Å². The molecule has 0 rings (SSSR count). The molecular formula is C6H7F3O4. The number of hydrogen-bond acceptors (Lipinski definition) is 3. The Bertz CT molecular complexity index is 189. The maximum absolute atomic E-state index is 11.9. The van der Waals surface area contributed by atoms with Gasteiger partial charge in [0.05, 0.1) is 6.42 Å². The fourth-order valence-electron chi connectivity index (χ4n) is 0.583. The maximum Gasteiger partial charge on any atom is 0.415 e. The molecule has 4 nitrogen and oxygen atoms in total. The number of carbonyl (C=O) groups excluding carboxylic acids is 1. The summed E-state index contributed by atoms with van der Waals surface area (Å²) in [5, 5.41) is 8.08. The lowest BCUT2D eigenvalue weighted by molar-refractivity contribution is -0.222. The summed E-state index contributed by atoms with van der Waals surface area (Å²) in [5.41, 5.74) is 0. The fourth-order valence-corrected chi connectivity index (χ4v) is 0.583. The van der Waals surface area contributed by atoms with E-state index in [1.165, 1.54) is 0 Å². The topological polar surface area (TPSA) is 63.6 Å². The second-order valence-corrected chi connectivity index (χ2v) is 2.13. The molecule has 0 saturated heterocycles. The van der Waals surface area contributed by atoms with Crippen LogP contribution in [0, 0.1) is 0 Å². The predicted octanol–water partition coefficient (Wildman–Crippen LogP) is 0.608. The lowest BCUT2D eigenvalue weighted by Gasteiger charge is -2.17. The maximum atomic E-state index is 11.9. The van der Waals surface area contributed by atoms with Crippen molar-refractivity contribution in [2.24, 2.45) is 0 Å². The second kappa shape index (κ2) is 4.80. The highest BCUT2D eigenvalue weighted by molar-refractivity contribution is 5.67. The zero-order valence-corrected chi connectivity index (χ0v) is 6.37. The summed E-state index contributed by atoms with van der Waals surface area (Å²) in [6.45, 7) is -0.766. The molecule has 0 aliphatic carbocycles. The summed E-state index contributed by atoms with van der Waals surface area (Å²) in [5.74, 6) is -1.63. The molecule has 0 heterocycles. The highest BCUT2D eigenvalue weighted by atomic mass is 19.4. The van der Waals surface area contributed by atoms with Gasteiger partial charge in [0.15, 0.2) is 6.10 Å². The van der Waals surface area contributed by atoms with Gasteiger partial charge in [0, 0.05) is 0 Å². The predicted molar refractivity (Wildman–Crippen MR) is 34.1 cm³/mol. The van der Waals surface area contributed by atoms with Crippen molar-refractivity contribution in [3.8, 4) is 0 Å². The first kappa shape index (κ1) is 11.9. The first-order valence-electron chi connectivity index (χ1n) is 3.21. The molecule has 1 unspecified atom stereocenters. The van der Waals surface area contributed by atoms with Gasteiger partial charge in [-0.2, -0.15) is 13.2 Å². The van der Waals surface area contributed by atoms with E-state index in [0.29, 0.717) is 0 Å². The van der Waals surface area contributed by atoms with Crippen molar-refractivity contribution in [3.05, 3.63) is 0 Å². The molecule has 13 heavy (non-hydrogen) atoms. The van der Waals surface area contributed by atoms with Gasteiger partial charge in [0.1, 0.15) is 12.9 Å². The van der Waals surface area contributed by atoms with Crippen molar-refractivity contribution in [2.45, 2.75) is 18.7 Å². The third kappa shape index (κ3) is 5.18. The van der Waals surface area contributed by atoms with Gasteiger partial charge in [-0.1, -0.05) is 0 Å². The van der Waals surface area contributed by atoms with E-state index in [-0.39, 0.29) is 6.29 Å². The van der Waals surface area contributed by atoms with Crippen LogP contribution in [-0.4, -0.2) is 36.2 Å². The first-order valence-corrected chi connectivity index (χ1v) is 3.21. The molecular weight excluding hydrogens is 193 g/mol. The van der Waals surface area contributed by atoms with Crippen LogP contribution in [-0.2, 0) is 14.3 Å². The van der Waals surface area contributed by atoms with Gasteiger partial charge in [-0.05, 0) is 0 Å². The molecule has 0 aromatic heterocycles. The van der Waals surface area contributed by atoms with Crippen LogP contribution in [0.15, 0.2) is 0 Å². The Labute approximate surface area is 71.3 Å². The van der Waals surface area contributed by atoms with E-state index in [2.05, 4.69) is 4.74 Å². The van der Waals surface area contributed by atoms with Gasteiger partial charge in [-0.3, -0.25) is 4.79 Å². The molecule has 0 spiro atoms.